The van der Waals surface area contributed by atoms with Crippen molar-refractivity contribution in [2.75, 3.05) is 26.2 Å². The second kappa shape index (κ2) is 8.13. The molecule has 0 unspecified atom stereocenters. The number of rotatable bonds is 6. The molecule has 1 aromatic carbocycles. The lowest BCUT2D eigenvalue weighted by atomic mass is 10.1. The highest BCUT2D eigenvalue weighted by atomic mass is 35.5. The lowest BCUT2D eigenvalue weighted by Crippen LogP contribution is -2.46. The molecule has 1 saturated heterocycles. The van der Waals surface area contributed by atoms with Gasteiger partial charge in [0.05, 0.1) is 18.3 Å². The predicted molar refractivity (Wildman–Crippen MR) is 113 cm³/mol. The average molecular weight is 428 g/mol. The Morgan fingerprint density at radius 2 is 1.83 bits per heavy atom. The van der Waals surface area contributed by atoms with Crippen molar-refractivity contribution in [3.63, 3.8) is 0 Å². The Labute approximate surface area is 181 Å². The number of oxazole rings is 1. The summed E-state index contributed by atoms with van der Waals surface area (Å²) in [6.45, 7) is 8.72. The van der Waals surface area contributed by atoms with E-state index in [-0.39, 0.29) is 6.04 Å². The van der Waals surface area contributed by atoms with Crippen LogP contribution in [0.1, 0.15) is 55.0 Å². The third-order valence-corrected chi connectivity index (χ3v) is 6.26. The summed E-state index contributed by atoms with van der Waals surface area (Å²) in [5, 5.41) is 4.86. The van der Waals surface area contributed by atoms with Crippen molar-refractivity contribution in [2.45, 2.75) is 45.2 Å². The summed E-state index contributed by atoms with van der Waals surface area (Å²) in [5.74, 6) is 3.70. The van der Waals surface area contributed by atoms with E-state index in [4.69, 9.17) is 25.5 Å². The van der Waals surface area contributed by atoms with E-state index in [1.807, 2.05) is 31.2 Å². The topological polar surface area (TPSA) is 71.4 Å². The lowest BCUT2D eigenvalue weighted by Gasteiger charge is -2.36. The van der Waals surface area contributed by atoms with Crippen molar-refractivity contribution in [1.29, 1.82) is 0 Å². The van der Waals surface area contributed by atoms with Crippen molar-refractivity contribution >= 4 is 11.6 Å². The monoisotopic (exact) mass is 427 g/mol. The second-order valence-electron chi connectivity index (χ2n) is 8.28. The number of hydrogen-bond acceptors (Lipinski definition) is 7. The van der Waals surface area contributed by atoms with Crippen LogP contribution in [0.4, 0.5) is 0 Å². The van der Waals surface area contributed by atoms with Gasteiger partial charge >= 0.3 is 0 Å². The van der Waals surface area contributed by atoms with E-state index in [2.05, 4.69) is 26.9 Å². The summed E-state index contributed by atoms with van der Waals surface area (Å²) in [6, 6.07) is 7.81. The Balaban J connectivity index is 1.19. The Morgan fingerprint density at radius 3 is 2.53 bits per heavy atom. The van der Waals surface area contributed by atoms with Gasteiger partial charge in [-0.05, 0) is 51.0 Å². The molecule has 2 fully saturated rings. The highest BCUT2D eigenvalue weighted by Crippen LogP contribution is 2.39. The van der Waals surface area contributed by atoms with Gasteiger partial charge in [0.15, 0.2) is 11.6 Å². The normalized spacial score (nSPS) is 19.3. The molecule has 2 aliphatic rings. The molecule has 0 radical (unpaired) electrons. The molecule has 3 heterocycles. The number of halogens is 1. The molecule has 2 aromatic heterocycles. The van der Waals surface area contributed by atoms with Gasteiger partial charge in [-0.15, -0.1) is 0 Å². The smallest absolute Gasteiger partial charge is 0.229 e. The fourth-order valence-electron chi connectivity index (χ4n) is 3.96. The standard InChI is InChI=1S/C22H26ClN5O2/c1-14-20(16-5-7-18(23)8-6-16)29-21(24-14)15(2)28-11-9-27(10-12-28)13-19-25-22(30-26-19)17-3-4-17/h5-8,15,17H,3-4,9-13H2,1-2H3/t15-/m1/s1. The Kier molecular flexibility index (Phi) is 5.35. The molecule has 1 saturated carbocycles. The quantitative estimate of drug-likeness (QED) is 0.575. The molecule has 7 nitrogen and oxygen atoms in total. The zero-order valence-corrected chi connectivity index (χ0v) is 18.1. The van der Waals surface area contributed by atoms with Gasteiger partial charge in [-0.1, -0.05) is 16.8 Å². The summed E-state index contributed by atoms with van der Waals surface area (Å²) in [5.41, 5.74) is 1.90. The molecule has 5 rings (SSSR count). The van der Waals surface area contributed by atoms with Gasteiger partial charge in [0, 0.05) is 42.7 Å². The van der Waals surface area contributed by atoms with Gasteiger partial charge in [0.1, 0.15) is 0 Å². The highest BCUT2D eigenvalue weighted by Gasteiger charge is 2.30. The molecule has 1 aliphatic heterocycles. The number of benzene rings is 1. The predicted octanol–water partition coefficient (Wildman–Crippen LogP) is 4.44. The first kappa shape index (κ1) is 19.7. The molecule has 8 heteroatoms. The lowest BCUT2D eigenvalue weighted by molar-refractivity contribution is 0.0857. The molecule has 0 spiro atoms. The Bertz CT molecular complexity index is 1000. The molecule has 1 atom stereocenters. The number of hydrogen-bond donors (Lipinski definition) is 0. The molecule has 1 aliphatic carbocycles. The minimum atomic E-state index is 0.124. The van der Waals surface area contributed by atoms with Crippen molar-refractivity contribution in [2.24, 2.45) is 0 Å². The van der Waals surface area contributed by atoms with E-state index in [1.165, 1.54) is 12.8 Å². The molecule has 30 heavy (non-hydrogen) atoms. The maximum absolute atomic E-state index is 6.17. The summed E-state index contributed by atoms with van der Waals surface area (Å²) in [7, 11) is 0. The van der Waals surface area contributed by atoms with Crippen LogP contribution in [-0.2, 0) is 6.54 Å². The van der Waals surface area contributed by atoms with Gasteiger partial charge in [-0.3, -0.25) is 9.80 Å². The molecule has 3 aromatic rings. The Hall–Kier alpha value is -2.22. The van der Waals surface area contributed by atoms with E-state index in [0.29, 0.717) is 10.9 Å². The van der Waals surface area contributed by atoms with Crippen LogP contribution < -0.4 is 0 Å². The molecular formula is C22H26ClN5O2. The van der Waals surface area contributed by atoms with E-state index in [0.717, 1.165) is 67.3 Å². The van der Waals surface area contributed by atoms with Crippen LogP contribution in [0, 0.1) is 6.92 Å². The van der Waals surface area contributed by atoms with Crippen LogP contribution >= 0.6 is 11.6 Å². The van der Waals surface area contributed by atoms with E-state index >= 15 is 0 Å². The third kappa shape index (κ3) is 4.15. The third-order valence-electron chi connectivity index (χ3n) is 6.01. The minimum absolute atomic E-state index is 0.124. The van der Waals surface area contributed by atoms with Crippen molar-refractivity contribution in [3.8, 4) is 11.3 Å². The van der Waals surface area contributed by atoms with Gasteiger partial charge in [0.2, 0.25) is 11.8 Å². The second-order valence-corrected chi connectivity index (χ2v) is 8.72. The SMILES string of the molecule is Cc1nc([C@@H](C)N2CCN(Cc3noc(C4CC4)n3)CC2)oc1-c1ccc(Cl)cc1. The van der Waals surface area contributed by atoms with Crippen LogP contribution in [-0.4, -0.2) is 51.1 Å². The minimum Gasteiger partial charge on any atom is -0.439 e. The van der Waals surface area contributed by atoms with Crippen LogP contribution in [0.2, 0.25) is 5.02 Å². The first-order valence-electron chi connectivity index (χ1n) is 10.6. The number of piperazine rings is 1. The van der Waals surface area contributed by atoms with E-state index in [9.17, 15) is 0 Å². The van der Waals surface area contributed by atoms with Crippen LogP contribution in [0.25, 0.3) is 11.3 Å². The molecule has 0 N–H and O–H groups in total. The van der Waals surface area contributed by atoms with Crippen LogP contribution in [0.5, 0.6) is 0 Å². The van der Waals surface area contributed by atoms with Gasteiger partial charge < -0.3 is 8.94 Å². The average Bonchev–Trinajstić information content (AvgIpc) is 3.38. The molecule has 0 bridgehead atoms. The van der Waals surface area contributed by atoms with Gasteiger partial charge in [0.25, 0.3) is 0 Å². The van der Waals surface area contributed by atoms with Crippen molar-refractivity contribution < 1.29 is 8.94 Å². The maximum Gasteiger partial charge on any atom is 0.229 e. The fraction of sp³-hybridized carbons (Fsp3) is 0.500. The first-order valence-corrected chi connectivity index (χ1v) is 11.0. The fourth-order valence-corrected chi connectivity index (χ4v) is 4.08. The van der Waals surface area contributed by atoms with Gasteiger partial charge in [-0.25, -0.2) is 4.98 Å². The summed E-state index contributed by atoms with van der Waals surface area (Å²) in [6.07, 6.45) is 2.36. The zero-order valence-electron chi connectivity index (χ0n) is 17.3. The number of nitrogens with zero attached hydrogens (tertiary/aromatic N) is 5. The summed E-state index contributed by atoms with van der Waals surface area (Å²) in [4.78, 5) is 14.1. The maximum atomic E-state index is 6.17. The largest absolute Gasteiger partial charge is 0.439 e. The van der Waals surface area contributed by atoms with Crippen molar-refractivity contribution in [3.05, 3.63) is 52.6 Å². The molecule has 0 amide bonds. The summed E-state index contributed by atoms with van der Waals surface area (Å²) >= 11 is 6.01. The molecular weight excluding hydrogens is 402 g/mol. The number of aryl methyl sites for hydroxylation is 1. The Morgan fingerprint density at radius 1 is 1.10 bits per heavy atom. The van der Waals surface area contributed by atoms with Crippen molar-refractivity contribution in [1.82, 2.24) is 24.9 Å². The number of aromatic nitrogens is 3. The first-order chi connectivity index (χ1) is 14.6. The van der Waals surface area contributed by atoms with E-state index in [1.54, 1.807) is 0 Å². The van der Waals surface area contributed by atoms with Crippen LogP contribution in [0.15, 0.2) is 33.2 Å². The highest BCUT2D eigenvalue weighted by molar-refractivity contribution is 6.30. The zero-order chi connectivity index (χ0) is 20.7. The molecule has 158 valence electrons. The summed E-state index contributed by atoms with van der Waals surface area (Å²) < 4.78 is 11.5. The van der Waals surface area contributed by atoms with E-state index < -0.39 is 0 Å². The van der Waals surface area contributed by atoms with Crippen LogP contribution in [0.3, 0.4) is 0 Å². The van der Waals surface area contributed by atoms with Gasteiger partial charge in [-0.2, -0.15) is 4.98 Å².